The number of hydrogen-bond donors (Lipinski definition) is 2. The average molecular weight is 362 g/mol. The summed E-state index contributed by atoms with van der Waals surface area (Å²) in [7, 11) is 5.21. The van der Waals surface area contributed by atoms with E-state index in [0.29, 0.717) is 5.11 Å². The molecule has 0 aliphatic heterocycles. The SMILES string of the molecule is COc1ccc(CCNC(=S)NC(C)c2cnn(C)c2C)cc1OC. The largest absolute Gasteiger partial charge is 0.493 e. The van der Waals surface area contributed by atoms with E-state index in [0.717, 1.165) is 41.3 Å². The summed E-state index contributed by atoms with van der Waals surface area (Å²) in [5.74, 6) is 1.47. The summed E-state index contributed by atoms with van der Waals surface area (Å²) < 4.78 is 12.4. The molecule has 0 saturated carbocycles. The Morgan fingerprint density at radius 2 is 2.00 bits per heavy atom. The third-order valence-electron chi connectivity index (χ3n) is 4.23. The third-order valence-corrected chi connectivity index (χ3v) is 4.50. The first-order valence-corrected chi connectivity index (χ1v) is 8.60. The topological polar surface area (TPSA) is 60.3 Å². The molecule has 0 radical (unpaired) electrons. The van der Waals surface area contributed by atoms with E-state index in [2.05, 4.69) is 22.7 Å². The van der Waals surface area contributed by atoms with E-state index >= 15 is 0 Å². The Kier molecular flexibility index (Phi) is 6.64. The van der Waals surface area contributed by atoms with E-state index in [1.54, 1.807) is 14.2 Å². The Labute approximate surface area is 154 Å². The Hall–Kier alpha value is -2.28. The number of methoxy groups -OCH3 is 2. The lowest BCUT2D eigenvalue weighted by Gasteiger charge is -2.17. The maximum atomic E-state index is 5.39. The van der Waals surface area contributed by atoms with E-state index in [1.165, 1.54) is 0 Å². The Morgan fingerprint density at radius 3 is 2.60 bits per heavy atom. The zero-order valence-corrected chi connectivity index (χ0v) is 16.2. The van der Waals surface area contributed by atoms with Gasteiger partial charge in [0.05, 0.1) is 26.5 Å². The predicted molar refractivity (Wildman–Crippen MR) is 103 cm³/mol. The molecule has 25 heavy (non-hydrogen) atoms. The first-order chi connectivity index (χ1) is 12.0. The summed E-state index contributed by atoms with van der Waals surface area (Å²) in [6.07, 6.45) is 2.71. The van der Waals surface area contributed by atoms with Crippen LogP contribution in [0.5, 0.6) is 11.5 Å². The van der Waals surface area contributed by atoms with E-state index in [9.17, 15) is 0 Å². The number of rotatable bonds is 7. The third kappa shape index (κ3) is 4.85. The van der Waals surface area contributed by atoms with Gasteiger partial charge >= 0.3 is 0 Å². The van der Waals surface area contributed by atoms with Gasteiger partial charge in [-0.3, -0.25) is 4.68 Å². The van der Waals surface area contributed by atoms with Crippen molar-refractivity contribution in [2.45, 2.75) is 26.3 Å². The quantitative estimate of drug-likeness (QED) is 0.738. The van der Waals surface area contributed by atoms with Gasteiger partial charge in [-0.25, -0.2) is 0 Å². The first kappa shape index (κ1) is 19.1. The number of nitrogens with one attached hydrogen (secondary N) is 2. The number of ether oxygens (including phenoxy) is 2. The van der Waals surface area contributed by atoms with Crippen molar-refractivity contribution >= 4 is 17.3 Å². The van der Waals surface area contributed by atoms with Crippen LogP contribution in [0.2, 0.25) is 0 Å². The number of aryl methyl sites for hydroxylation is 1. The molecule has 1 unspecified atom stereocenters. The fourth-order valence-electron chi connectivity index (χ4n) is 2.62. The molecule has 1 heterocycles. The van der Waals surface area contributed by atoms with Crippen molar-refractivity contribution in [3.05, 3.63) is 41.2 Å². The average Bonchev–Trinajstić information content (AvgIpc) is 2.94. The van der Waals surface area contributed by atoms with Crippen LogP contribution in [-0.2, 0) is 13.5 Å². The van der Waals surface area contributed by atoms with Crippen LogP contribution in [0, 0.1) is 6.92 Å². The van der Waals surface area contributed by atoms with Gasteiger partial charge in [0.2, 0.25) is 0 Å². The Balaban J connectivity index is 1.83. The standard InChI is InChI=1S/C18H26N4O2S/c1-12(15-11-20-22(3)13(15)2)21-18(25)19-9-8-14-6-7-16(23-4)17(10-14)24-5/h6-7,10-12H,8-9H2,1-5H3,(H2,19,21,25). The second-order valence-electron chi connectivity index (χ2n) is 5.87. The van der Waals surface area contributed by atoms with E-state index in [4.69, 9.17) is 21.7 Å². The van der Waals surface area contributed by atoms with E-state index in [1.807, 2.05) is 43.0 Å². The van der Waals surface area contributed by atoms with Gasteiger partial charge in [-0.05, 0) is 50.2 Å². The lowest BCUT2D eigenvalue weighted by Crippen LogP contribution is -2.37. The van der Waals surface area contributed by atoms with Gasteiger partial charge in [0.25, 0.3) is 0 Å². The lowest BCUT2D eigenvalue weighted by atomic mass is 10.1. The van der Waals surface area contributed by atoms with Gasteiger partial charge in [-0.1, -0.05) is 6.07 Å². The molecule has 0 saturated heterocycles. The number of nitrogens with zero attached hydrogens (tertiary/aromatic N) is 2. The molecule has 2 aromatic rings. The molecule has 0 amide bonds. The minimum Gasteiger partial charge on any atom is -0.493 e. The molecule has 1 atom stereocenters. The summed E-state index contributed by atoms with van der Waals surface area (Å²) in [6, 6.07) is 6.03. The van der Waals surface area contributed by atoms with Crippen LogP contribution in [0.3, 0.4) is 0 Å². The molecular weight excluding hydrogens is 336 g/mol. The van der Waals surface area contributed by atoms with Gasteiger partial charge in [-0.2, -0.15) is 5.10 Å². The van der Waals surface area contributed by atoms with Crippen LogP contribution in [-0.4, -0.2) is 35.7 Å². The molecule has 6 nitrogen and oxygen atoms in total. The van der Waals surface area contributed by atoms with Crippen LogP contribution in [0.1, 0.15) is 29.8 Å². The molecule has 0 spiro atoms. The number of aromatic nitrogens is 2. The Bertz CT molecular complexity index is 730. The zero-order chi connectivity index (χ0) is 18.4. The van der Waals surface area contributed by atoms with Crippen molar-refractivity contribution in [2.24, 2.45) is 7.05 Å². The fourth-order valence-corrected chi connectivity index (χ4v) is 2.90. The molecule has 0 fully saturated rings. The highest BCUT2D eigenvalue weighted by Gasteiger charge is 2.12. The minimum absolute atomic E-state index is 0.106. The van der Waals surface area contributed by atoms with Crippen molar-refractivity contribution < 1.29 is 9.47 Å². The van der Waals surface area contributed by atoms with Gasteiger partial charge in [0.15, 0.2) is 16.6 Å². The van der Waals surface area contributed by atoms with E-state index in [-0.39, 0.29) is 6.04 Å². The van der Waals surface area contributed by atoms with Crippen molar-refractivity contribution in [2.75, 3.05) is 20.8 Å². The number of thiocarbonyl (C=S) groups is 1. The molecule has 2 N–H and O–H groups in total. The molecule has 136 valence electrons. The summed E-state index contributed by atoms with van der Waals surface area (Å²) in [5.41, 5.74) is 3.43. The van der Waals surface area contributed by atoms with Crippen LogP contribution in [0.4, 0.5) is 0 Å². The van der Waals surface area contributed by atoms with Crippen LogP contribution in [0.15, 0.2) is 24.4 Å². The molecule has 0 aliphatic carbocycles. The highest BCUT2D eigenvalue weighted by Crippen LogP contribution is 2.27. The Morgan fingerprint density at radius 1 is 1.28 bits per heavy atom. The second kappa shape index (κ2) is 8.71. The maximum Gasteiger partial charge on any atom is 0.166 e. The number of hydrogen-bond acceptors (Lipinski definition) is 4. The van der Waals surface area contributed by atoms with Gasteiger partial charge in [0, 0.05) is 24.8 Å². The molecular formula is C18H26N4O2S. The normalized spacial score (nSPS) is 11.7. The highest BCUT2D eigenvalue weighted by atomic mass is 32.1. The summed E-state index contributed by atoms with van der Waals surface area (Å²) in [4.78, 5) is 0. The summed E-state index contributed by atoms with van der Waals surface area (Å²) in [6.45, 7) is 4.86. The predicted octanol–water partition coefficient (Wildman–Crippen LogP) is 2.51. The maximum absolute atomic E-state index is 5.39. The van der Waals surface area contributed by atoms with Gasteiger partial charge in [0.1, 0.15) is 0 Å². The monoisotopic (exact) mass is 362 g/mol. The highest BCUT2D eigenvalue weighted by molar-refractivity contribution is 7.80. The zero-order valence-electron chi connectivity index (χ0n) is 15.4. The van der Waals surface area contributed by atoms with Gasteiger partial charge < -0.3 is 20.1 Å². The fraction of sp³-hybridized carbons (Fsp3) is 0.444. The van der Waals surface area contributed by atoms with Gasteiger partial charge in [-0.15, -0.1) is 0 Å². The molecule has 2 rings (SSSR count). The van der Waals surface area contributed by atoms with Crippen LogP contribution < -0.4 is 20.1 Å². The smallest absolute Gasteiger partial charge is 0.166 e. The van der Waals surface area contributed by atoms with Crippen molar-refractivity contribution in [1.82, 2.24) is 20.4 Å². The van der Waals surface area contributed by atoms with Crippen molar-refractivity contribution in [3.63, 3.8) is 0 Å². The van der Waals surface area contributed by atoms with Crippen LogP contribution in [0.25, 0.3) is 0 Å². The summed E-state index contributed by atoms with van der Waals surface area (Å²) >= 11 is 5.39. The molecule has 1 aromatic carbocycles. The molecule has 0 aliphatic rings. The summed E-state index contributed by atoms with van der Waals surface area (Å²) in [5, 5.41) is 11.4. The number of benzene rings is 1. The molecule has 1 aromatic heterocycles. The minimum atomic E-state index is 0.106. The first-order valence-electron chi connectivity index (χ1n) is 8.20. The van der Waals surface area contributed by atoms with Crippen LogP contribution >= 0.6 is 12.2 Å². The molecule has 7 heteroatoms. The molecule has 0 bridgehead atoms. The lowest BCUT2D eigenvalue weighted by molar-refractivity contribution is 0.354. The van der Waals surface area contributed by atoms with E-state index < -0.39 is 0 Å². The van der Waals surface area contributed by atoms with Crippen molar-refractivity contribution in [3.8, 4) is 11.5 Å². The van der Waals surface area contributed by atoms with Crippen molar-refractivity contribution in [1.29, 1.82) is 0 Å². The second-order valence-corrected chi connectivity index (χ2v) is 6.28.